The zero-order valence-electron chi connectivity index (χ0n) is 12.6. The number of hydrogen-bond donors (Lipinski definition) is 0. The fraction of sp³-hybridized carbons (Fsp3) is 0.588. The molecular formula is C17H25NO. The van der Waals surface area contributed by atoms with Gasteiger partial charge >= 0.3 is 0 Å². The normalized spacial score (nSPS) is 18.1. The van der Waals surface area contributed by atoms with Crippen LogP contribution in [0, 0.1) is 0 Å². The molecule has 0 saturated carbocycles. The summed E-state index contributed by atoms with van der Waals surface area (Å²) >= 11 is 0. The van der Waals surface area contributed by atoms with E-state index in [1.807, 2.05) is 0 Å². The van der Waals surface area contributed by atoms with Crippen LogP contribution in [-0.2, 0) is 11.2 Å². The molecule has 19 heavy (non-hydrogen) atoms. The number of likely N-dealkylation sites (N-methyl/N-ethyl adjacent to an activating group) is 1. The first-order chi connectivity index (χ1) is 9.00. The highest BCUT2D eigenvalue weighted by atomic mass is 16.1. The molecule has 0 fully saturated rings. The van der Waals surface area contributed by atoms with Gasteiger partial charge < -0.3 is 0 Å². The van der Waals surface area contributed by atoms with Crippen molar-refractivity contribution in [1.82, 2.24) is 4.90 Å². The summed E-state index contributed by atoms with van der Waals surface area (Å²) in [6, 6.07) is 8.49. The monoisotopic (exact) mass is 259 g/mol. The van der Waals surface area contributed by atoms with Crippen LogP contribution in [0.4, 0.5) is 0 Å². The molecule has 1 unspecified atom stereocenters. The van der Waals surface area contributed by atoms with Crippen LogP contribution >= 0.6 is 0 Å². The van der Waals surface area contributed by atoms with Gasteiger partial charge in [0, 0.05) is 6.42 Å². The molecule has 0 radical (unpaired) electrons. The molecule has 1 aromatic carbocycles. The van der Waals surface area contributed by atoms with E-state index in [0.29, 0.717) is 18.1 Å². The van der Waals surface area contributed by atoms with Crippen molar-refractivity contribution in [3.8, 4) is 0 Å². The van der Waals surface area contributed by atoms with Crippen LogP contribution in [0.3, 0.4) is 0 Å². The maximum atomic E-state index is 12.6. The van der Waals surface area contributed by atoms with E-state index in [1.165, 1.54) is 11.1 Å². The van der Waals surface area contributed by atoms with Crippen molar-refractivity contribution in [3.05, 3.63) is 35.4 Å². The van der Waals surface area contributed by atoms with Crippen molar-refractivity contribution < 1.29 is 4.79 Å². The van der Waals surface area contributed by atoms with Crippen LogP contribution in [-0.4, -0.2) is 29.3 Å². The van der Waals surface area contributed by atoms with Crippen molar-refractivity contribution in [3.63, 3.8) is 0 Å². The predicted octanol–water partition coefficient (Wildman–Crippen LogP) is 3.41. The Kier molecular flexibility index (Phi) is 4.10. The van der Waals surface area contributed by atoms with Gasteiger partial charge in [0.15, 0.2) is 5.78 Å². The lowest BCUT2D eigenvalue weighted by Gasteiger charge is -2.38. The van der Waals surface area contributed by atoms with Crippen molar-refractivity contribution in [2.24, 2.45) is 0 Å². The molecule has 1 aliphatic carbocycles. The Morgan fingerprint density at radius 2 is 1.89 bits per heavy atom. The summed E-state index contributed by atoms with van der Waals surface area (Å²) in [5, 5.41) is 0. The lowest BCUT2D eigenvalue weighted by Crippen LogP contribution is -2.50. The van der Waals surface area contributed by atoms with Crippen LogP contribution in [0.1, 0.15) is 51.2 Å². The highest BCUT2D eigenvalue weighted by molar-refractivity contribution is 5.88. The van der Waals surface area contributed by atoms with Gasteiger partial charge in [-0.3, -0.25) is 9.69 Å². The Labute approximate surface area is 116 Å². The molecule has 1 atom stereocenters. The third kappa shape index (κ3) is 2.59. The molecular weight excluding hydrogens is 234 g/mol. The zero-order chi connectivity index (χ0) is 14.0. The molecule has 2 nitrogen and oxygen atoms in total. The Morgan fingerprint density at radius 1 is 1.26 bits per heavy atom. The second kappa shape index (κ2) is 5.46. The van der Waals surface area contributed by atoms with Crippen LogP contribution < -0.4 is 0 Å². The van der Waals surface area contributed by atoms with Gasteiger partial charge in [-0.05, 0) is 50.4 Å². The minimum atomic E-state index is -0.339. The van der Waals surface area contributed by atoms with Crippen LogP contribution in [0.5, 0.6) is 0 Å². The maximum Gasteiger partial charge on any atom is 0.153 e. The van der Waals surface area contributed by atoms with Gasteiger partial charge in [-0.1, -0.05) is 38.1 Å². The Morgan fingerprint density at radius 3 is 2.47 bits per heavy atom. The lowest BCUT2D eigenvalue weighted by molar-refractivity contribution is -0.129. The molecule has 1 aliphatic rings. The van der Waals surface area contributed by atoms with Gasteiger partial charge in [0.1, 0.15) is 0 Å². The van der Waals surface area contributed by atoms with Gasteiger partial charge in [-0.25, -0.2) is 0 Å². The van der Waals surface area contributed by atoms with Gasteiger partial charge in [-0.2, -0.15) is 0 Å². The Bertz CT molecular complexity index is 460. The van der Waals surface area contributed by atoms with Crippen LogP contribution in [0.25, 0.3) is 0 Å². The SMILES string of the molecule is CCN(CC)C(C)(C)C(=O)CC1Cc2ccccc21. The standard InChI is InChI=1S/C17H25NO/c1-5-18(6-2)17(3,4)16(19)12-14-11-13-9-7-8-10-15(13)14/h7-10,14H,5-6,11-12H2,1-4H3. The molecule has 0 aromatic heterocycles. The predicted molar refractivity (Wildman–Crippen MR) is 79.5 cm³/mol. The summed E-state index contributed by atoms with van der Waals surface area (Å²) in [7, 11) is 0. The largest absolute Gasteiger partial charge is 0.298 e. The molecule has 0 saturated heterocycles. The van der Waals surface area contributed by atoms with Gasteiger partial charge in [0.2, 0.25) is 0 Å². The van der Waals surface area contributed by atoms with Gasteiger partial charge in [-0.15, -0.1) is 0 Å². The first-order valence-electron chi connectivity index (χ1n) is 7.36. The topological polar surface area (TPSA) is 20.3 Å². The fourth-order valence-corrected chi connectivity index (χ4v) is 3.21. The molecule has 0 heterocycles. The van der Waals surface area contributed by atoms with E-state index < -0.39 is 0 Å². The minimum absolute atomic E-state index is 0.339. The number of nitrogens with zero attached hydrogens (tertiary/aromatic N) is 1. The van der Waals surface area contributed by atoms with Crippen molar-refractivity contribution >= 4 is 5.78 Å². The number of Topliss-reactive ketones (excluding diaryl/α,β-unsaturated/α-hetero) is 1. The number of rotatable bonds is 6. The zero-order valence-corrected chi connectivity index (χ0v) is 12.6. The van der Waals surface area contributed by atoms with Crippen molar-refractivity contribution in [1.29, 1.82) is 0 Å². The van der Waals surface area contributed by atoms with Crippen LogP contribution in [0.2, 0.25) is 0 Å². The number of fused-ring (bicyclic) bond motifs is 1. The second-order valence-electron chi connectivity index (χ2n) is 5.96. The molecule has 0 spiro atoms. The molecule has 0 bridgehead atoms. The second-order valence-corrected chi connectivity index (χ2v) is 5.96. The van der Waals surface area contributed by atoms with Gasteiger partial charge in [0.05, 0.1) is 5.54 Å². The number of ketones is 1. The molecule has 0 N–H and O–H groups in total. The lowest BCUT2D eigenvalue weighted by atomic mass is 9.73. The Balaban J connectivity index is 2.03. The summed E-state index contributed by atoms with van der Waals surface area (Å²) in [6.07, 6.45) is 1.75. The van der Waals surface area contributed by atoms with E-state index in [4.69, 9.17) is 0 Å². The van der Waals surface area contributed by atoms with E-state index in [2.05, 4.69) is 56.9 Å². The summed E-state index contributed by atoms with van der Waals surface area (Å²) < 4.78 is 0. The number of carbonyl (C=O) groups is 1. The molecule has 0 aliphatic heterocycles. The van der Waals surface area contributed by atoms with E-state index >= 15 is 0 Å². The summed E-state index contributed by atoms with van der Waals surface area (Å²) in [5.41, 5.74) is 2.46. The highest BCUT2D eigenvalue weighted by Gasteiger charge is 2.36. The number of carbonyl (C=O) groups excluding carboxylic acids is 1. The summed E-state index contributed by atoms with van der Waals surface area (Å²) in [6.45, 7) is 10.2. The van der Waals surface area contributed by atoms with Gasteiger partial charge in [0.25, 0.3) is 0 Å². The van der Waals surface area contributed by atoms with E-state index in [9.17, 15) is 4.79 Å². The van der Waals surface area contributed by atoms with Crippen molar-refractivity contribution in [2.45, 2.75) is 52.0 Å². The summed E-state index contributed by atoms with van der Waals surface area (Å²) in [5.74, 6) is 0.814. The third-order valence-electron chi connectivity index (χ3n) is 4.63. The smallest absolute Gasteiger partial charge is 0.153 e. The summed E-state index contributed by atoms with van der Waals surface area (Å²) in [4.78, 5) is 14.8. The molecule has 104 valence electrons. The first kappa shape index (κ1) is 14.3. The van der Waals surface area contributed by atoms with E-state index in [-0.39, 0.29) is 5.54 Å². The fourth-order valence-electron chi connectivity index (χ4n) is 3.21. The average Bonchev–Trinajstić information content (AvgIpc) is 2.36. The van der Waals surface area contributed by atoms with E-state index in [0.717, 1.165) is 19.5 Å². The molecule has 2 heteroatoms. The van der Waals surface area contributed by atoms with Crippen molar-refractivity contribution in [2.75, 3.05) is 13.1 Å². The minimum Gasteiger partial charge on any atom is -0.298 e. The highest BCUT2D eigenvalue weighted by Crippen LogP contribution is 2.38. The van der Waals surface area contributed by atoms with Crippen LogP contribution in [0.15, 0.2) is 24.3 Å². The quantitative estimate of drug-likeness (QED) is 0.780. The molecule has 0 amide bonds. The molecule has 2 rings (SSSR count). The average molecular weight is 259 g/mol. The number of benzene rings is 1. The van der Waals surface area contributed by atoms with E-state index in [1.54, 1.807) is 0 Å². The Hall–Kier alpha value is -1.15. The molecule has 1 aromatic rings. The number of hydrogen-bond acceptors (Lipinski definition) is 2. The maximum absolute atomic E-state index is 12.6. The first-order valence-corrected chi connectivity index (χ1v) is 7.36. The third-order valence-corrected chi connectivity index (χ3v) is 4.63.